The van der Waals surface area contributed by atoms with Gasteiger partial charge in [-0.2, -0.15) is 0 Å². The molecule has 1 saturated heterocycles. The molecule has 11 heteroatoms. The maximum absolute atomic E-state index is 12.8. The minimum atomic E-state index is -0.608. The van der Waals surface area contributed by atoms with Crippen molar-refractivity contribution < 1.29 is 19.1 Å². The van der Waals surface area contributed by atoms with Crippen LogP contribution in [0.2, 0.25) is 0 Å². The van der Waals surface area contributed by atoms with Gasteiger partial charge in [0, 0.05) is 31.7 Å². The zero-order valence-corrected chi connectivity index (χ0v) is 24.6. The van der Waals surface area contributed by atoms with Gasteiger partial charge in [-0.05, 0) is 64.7 Å². The molecule has 1 fully saturated rings. The molecule has 0 radical (unpaired) electrons. The van der Waals surface area contributed by atoms with Crippen LogP contribution in [0.3, 0.4) is 0 Å². The van der Waals surface area contributed by atoms with E-state index in [1.54, 1.807) is 20.8 Å². The quantitative estimate of drug-likeness (QED) is 0.330. The van der Waals surface area contributed by atoms with E-state index in [4.69, 9.17) is 14.5 Å². The number of carbonyl (C=O) groups is 2. The number of nitrogens with one attached hydrogen (secondary N) is 2. The Bertz CT molecular complexity index is 1330. The van der Waals surface area contributed by atoms with Gasteiger partial charge in [-0.15, -0.1) is 10.2 Å². The summed E-state index contributed by atoms with van der Waals surface area (Å²) >= 11 is 0. The first-order chi connectivity index (χ1) is 19.0. The van der Waals surface area contributed by atoms with E-state index in [0.29, 0.717) is 24.4 Å². The lowest BCUT2D eigenvalue weighted by Gasteiger charge is -2.29. The van der Waals surface area contributed by atoms with Crippen molar-refractivity contribution in [2.45, 2.75) is 78.9 Å². The van der Waals surface area contributed by atoms with Crippen LogP contribution in [0.25, 0.3) is 16.7 Å². The Labute approximate surface area is 236 Å². The number of carbonyl (C=O) groups excluding carboxylic acids is 2. The van der Waals surface area contributed by atoms with Crippen LogP contribution < -0.4 is 15.5 Å². The molecule has 1 aliphatic heterocycles. The van der Waals surface area contributed by atoms with Crippen LogP contribution in [0.15, 0.2) is 18.2 Å². The van der Waals surface area contributed by atoms with Gasteiger partial charge in [0.25, 0.3) is 0 Å². The summed E-state index contributed by atoms with van der Waals surface area (Å²) in [5.41, 5.74) is 3.07. The van der Waals surface area contributed by atoms with Crippen molar-refractivity contribution in [3.63, 3.8) is 0 Å². The molecule has 3 aromatic rings. The van der Waals surface area contributed by atoms with E-state index in [-0.39, 0.29) is 11.7 Å². The van der Waals surface area contributed by atoms with E-state index in [0.717, 1.165) is 68.1 Å². The van der Waals surface area contributed by atoms with Crippen molar-refractivity contribution in [3.8, 4) is 0 Å². The SMILES string of the molecule is Cc1nnc2c(NCCCCCC(=O)[C@@H](NC(=O)OC(C)(C)C)C(C)C)nc3cc(N4CCOCC4)ccc3n12. The average molecular weight is 554 g/mol. The lowest BCUT2D eigenvalue weighted by molar-refractivity contribution is -0.122. The maximum Gasteiger partial charge on any atom is 0.408 e. The highest BCUT2D eigenvalue weighted by atomic mass is 16.6. The summed E-state index contributed by atoms with van der Waals surface area (Å²) in [6.07, 6.45) is 2.33. The van der Waals surface area contributed by atoms with Gasteiger partial charge in [0.1, 0.15) is 11.4 Å². The number of fused-ring (bicyclic) bond motifs is 3. The number of ketones is 1. The summed E-state index contributed by atoms with van der Waals surface area (Å²) in [6.45, 7) is 15.1. The molecule has 1 aromatic carbocycles. The van der Waals surface area contributed by atoms with Crippen molar-refractivity contribution in [2.24, 2.45) is 5.92 Å². The third kappa shape index (κ3) is 7.38. The summed E-state index contributed by atoms with van der Waals surface area (Å²) in [5, 5.41) is 14.9. The van der Waals surface area contributed by atoms with E-state index in [1.165, 1.54) is 0 Å². The van der Waals surface area contributed by atoms with Crippen molar-refractivity contribution in [1.29, 1.82) is 0 Å². The van der Waals surface area contributed by atoms with Gasteiger partial charge in [0.05, 0.1) is 30.3 Å². The Balaban J connectivity index is 1.33. The fourth-order valence-corrected chi connectivity index (χ4v) is 4.92. The second-order valence-corrected chi connectivity index (χ2v) is 11.7. The third-order valence-electron chi connectivity index (χ3n) is 6.92. The van der Waals surface area contributed by atoms with Crippen LogP contribution >= 0.6 is 0 Å². The summed E-state index contributed by atoms with van der Waals surface area (Å²) < 4.78 is 12.9. The van der Waals surface area contributed by atoms with Gasteiger partial charge in [-0.3, -0.25) is 9.20 Å². The van der Waals surface area contributed by atoms with Crippen LogP contribution in [0.5, 0.6) is 0 Å². The number of Topliss-reactive ketones (excluding diaryl/α,β-unsaturated/α-hetero) is 1. The van der Waals surface area contributed by atoms with Crippen LogP contribution in [0, 0.1) is 12.8 Å². The number of nitrogens with zero attached hydrogens (tertiary/aromatic N) is 5. The Morgan fingerprint density at radius 3 is 2.55 bits per heavy atom. The highest BCUT2D eigenvalue weighted by molar-refractivity contribution is 5.88. The van der Waals surface area contributed by atoms with Gasteiger partial charge in [0.15, 0.2) is 11.6 Å². The number of aromatic nitrogens is 4. The Hall–Kier alpha value is -3.47. The number of alkyl carbamates (subject to hydrolysis) is 1. The standard InChI is InChI=1S/C29H43N7O4/c1-19(2)25(32-28(38)40-29(4,5)6)24(37)10-8-7-9-13-30-26-27-34-33-20(3)36(27)23-12-11-21(18-22(23)31-26)35-14-16-39-17-15-35/h11-12,18-19,25H,7-10,13-17H2,1-6H3,(H,30,31)(H,32,38)/t25-/m0/s1. The lowest BCUT2D eigenvalue weighted by atomic mass is 9.96. The number of benzene rings is 1. The molecule has 1 atom stereocenters. The Morgan fingerprint density at radius 2 is 1.85 bits per heavy atom. The van der Waals surface area contributed by atoms with E-state index < -0.39 is 17.7 Å². The Morgan fingerprint density at radius 1 is 1.10 bits per heavy atom. The normalized spacial score (nSPS) is 15.0. The minimum absolute atomic E-state index is 0.0153. The summed E-state index contributed by atoms with van der Waals surface area (Å²) in [4.78, 5) is 32.2. The lowest BCUT2D eigenvalue weighted by Crippen LogP contribution is -2.46. The molecule has 0 spiro atoms. The molecule has 0 aliphatic carbocycles. The van der Waals surface area contributed by atoms with Crippen molar-refractivity contribution in [1.82, 2.24) is 24.9 Å². The van der Waals surface area contributed by atoms with Crippen LogP contribution in [-0.2, 0) is 14.3 Å². The molecule has 11 nitrogen and oxygen atoms in total. The number of hydrogen-bond acceptors (Lipinski definition) is 9. The largest absolute Gasteiger partial charge is 0.444 e. The van der Waals surface area contributed by atoms with Gasteiger partial charge < -0.3 is 25.0 Å². The molecule has 3 heterocycles. The molecular weight excluding hydrogens is 510 g/mol. The number of amides is 1. The zero-order chi connectivity index (χ0) is 28.9. The van der Waals surface area contributed by atoms with Crippen LogP contribution in [0.4, 0.5) is 16.3 Å². The molecule has 0 bridgehead atoms. The van der Waals surface area contributed by atoms with Gasteiger partial charge in [0.2, 0.25) is 5.65 Å². The smallest absolute Gasteiger partial charge is 0.408 e. The van der Waals surface area contributed by atoms with Gasteiger partial charge in [-0.25, -0.2) is 9.78 Å². The molecular formula is C29H43N7O4. The molecule has 2 aromatic heterocycles. The highest BCUT2D eigenvalue weighted by Gasteiger charge is 2.26. The average Bonchev–Trinajstić information content (AvgIpc) is 3.30. The highest BCUT2D eigenvalue weighted by Crippen LogP contribution is 2.26. The molecule has 218 valence electrons. The number of aryl methyl sites for hydroxylation is 1. The monoisotopic (exact) mass is 553 g/mol. The molecule has 1 amide bonds. The van der Waals surface area contributed by atoms with Crippen molar-refractivity contribution in [2.75, 3.05) is 43.1 Å². The predicted molar refractivity (Wildman–Crippen MR) is 156 cm³/mol. The summed E-state index contributed by atoms with van der Waals surface area (Å²) in [5.74, 6) is 1.52. The van der Waals surface area contributed by atoms with Crippen LogP contribution in [-0.4, -0.2) is 75.9 Å². The first-order valence-electron chi connectivity index (χ1n) is 14.3. The third-order valence-corrected chi connectivity index (χ3v) is 6.92. The first-order valence-corrected chi connectivity index (χ1v) is 14.3. The fourth-order valence-electron chi connectivity index (χ4n) is 4.92. The first kappa shape index (κ1) is 29.5. The van der Waals surface area contributed by atoms with Gasteiger partial charge >= 0.3 is 6.09 Å². The topological polar surface area (TPSA) is 123 Å². The molecule has 4 rings (SSSR count). The number of unbranched alkanes of at least 4 members (excludes halogenated alkanes) is 2. The molecule has 0 unspecified atom stereocenters. The number of hydrogen-bond donors (Lipinski definition) is 2. The Kier molecular flexibility index (Phi) is 9.44. The van der Waals surface area contributed by atoms with Gasteiger partial charge in [-0.1, -0.05) is 20.3 Å². The second-order valence-electron chi connectivity index (χ2n) is 11.7. The molecule has 0 saturated carbocycles. The zero-order valence-electron chi connectivity index (χ0n) is 24.6. The summed E-state index contributed by atoms with van der Waals surface area (Å²) in [6, 6.07) is 5.77. The number of ether oxygens (including phenoxy) is 2. The van der Waals surface area contributed by atoms with E-state index in [2.05, 4.69) is 43.9 Å². The number of rotatable bonds is 11. The number of anilines is 2. The molecule has 1 aliphatic rings. The minimum Gasteiger partial charge on any atom is -0.444 e. The fraction of sp³-hybridized carbons (Fsp3) is 0.621. The molecule has 40 heavy (non-hydrogen) atoms. The van der Waals surface area contributed by atoms with Crippen molar-refractivity contribution in [3.05, 3.63) is 24.0 Å². The summed E-state index contributed by atoms with van der Waals surface area (Å²) in [7, 11) is 0. The van der Waals surface area contributed by atoms with Crippen LogP contribution in [0.1, 0.15) is 66.1 Å². The molecule has 2 N–H and O–H groups in total. The van der Waals surface area contributed by atoms with E-state index in [1.807, 2.05) is 25.2 Å². The number of morpholine rings is 1. The second kappa shape index (κ2) is 12.8. The predicted octanol–water partition coefficient (Wildman–Crippen LogP) is 4.51. The maximum atomic E-state index is 12.8. The van der Waals surface area contributed by atoms with Crippen molar-refractivity contribution >= 4 is 40.1 Å². The van der Waals surface area contributed by atoms with E-state index in [9.17, 15) is 9.59 Å². The van der Waals surface area contributed by atoms with E-state index >= 15 is 0 Å².